The maximum Gasteiger partial charge on any atom is 0.274 e. The van der Waals surface area contributed by atoms with E-state index >= 15 is 0 Å². The molecule has 1 atom stereocenters. The van der Waals surface area contributed by atoms with Gasteiger partial charge in [0, 0.05) is 43.2 Å². The van der Waals surface area contributed by atoms with Gasteiger partial charge in [0.25, 0.3) is 5.91 Å². The average Bonchev–Trinajstić information content (AvgIpc) is 2.79. The summed E-state index contributed by atoms with van der Waals surface area (Å²) < 4.78 is 5.36. The molecule has 2 N–H and O–H groups in total. The van der Waals surface area contributed by atoms with E-state index in [0.717, 1.165) is 10.8 Å². The van der Waals surface area contributed by atoms with E-state index in [9.17, 15) is 4.79 Å². The molecular formula is C22H21ClN6O2. The van der Waals surface area contributed by atoms with Crippen LogP contribution in [-0.4, -0.2) is 48.7 Å². The number of amides is 1. The molecule has 1 saturated heterocycles. The molecule has 158 valence electrons. The van der Waals surface area contributed by atoms with Crippen LogP contribution >= 0.6 is 11.6 Å². The summed E-state index contributed by atoms with van der Waals surface area (Å²) in [7, 11) is 1.58. The lowest BCUT2D eigenvalue weighted by molar-refractivity contribution is 0.102. The summed E-state index contributed by atoms with van der Waals surface area (Å²) in [5.41, 5.74) is 0.782. The van der Waals surface area contributed by atoms with Crippen molar-refractivity contribution in [2.45, 2.75) is 12.5 Å². The van der Waals surface area contributed by atoms with E-state index in [1.165, 1.54) is 0 Å². The zero-order chi connectivity index (χ0) is 21.8. The molecule has 2 heterocycles. The van der Waals surface area contributed by atoms with Gasteiger partial charge >= 0.3 is 0 Å². The second-order valence-corrected chi connectivity index (χ2v) is 7.53. The topological polar surface area (TPSA) is 103 Å². The third-order valence-electron chi connectivity index (χ3n) is 5.15. The van der Waals surface area contributed by atoms with Crippen molar-refractivity contribution in [3.8, 4) is 11.8 Å². The van der Waals surface area contributed by atoms with Crippen molar-refractivity contribution in [3.63, 3.8) is 0 Å². The van der Waals surface area contributed by atoms with Crippen molar-refractivity contribution in [3.05, 3.63) is 53.4 Å². The Kier molecular flexibility index (Phi) is 6.16. The van der Waals surface area contributed by atoms with Crippen LogP contribution in [0.15, 0.2) is 42.5 Å². The molecule has 1 aliphatic rings. The molecule has 8 nitrogen and oxygen atoms in total. The van der Waals surface area contributed by atoms with Crippen LogP contribution in [0.3, 0.4) is 0 Å². The van der Waals surface area contributed by atoms with Crippen LogP contribution in [0.2, 0.25) is 5.28 Å². The largest absolute Gasteiger partial charge is 0.497 e. The predicted octanol–water partition coefficient (Wildman–Crippen LogP) is 3.24. The highest BCUT2D eigenvalue weighted by Crippen LogP contribution is 2.30. The maximum atomic E-state index is 13.0. The summed E-state index contributed by atoms with van der Waals surface area (Å²) in [5.74, 6) is 0.803. The highest BCUT2D eigenvalue weighted by molar-refractivity contribution is 6.28. The van der Waals surface area contributed by atoms with Gasteiger partial charge in [0.15, 0.2) is 0 Å². The Morgan fingerprint density at radius 2 is 2.19 bits per heavy atom. The normalized spacial score (nSPS) is 16.0. The summed E-state index contributed by atoms with van der Waals surface area (Å²) in [6, 6.07) is 15.2. The monoisotopic (exact) mass is 436 g/mol. The molecular weight excluding hydrogens is 416 g/mol. The zero-order valence-electron chi connectivity index (χ0n) is 16.9. The Hall–Kier alpha value is -3.41. The van der Waals surface area contributed by atoms with Gasteiger partial charge in [-0.05, 0) is 23.1 Å². The van der Waals surface area contributed by atoms with Crippen molar-refractivity contribution in [1.82, 2.24) is 15.3 Å². The minimum absolute atomic E-state index is 0.00600. The van der Waals surface area contributed by atoms with Gasteiger partial charge < -0.3 is 20.3 Å². The molecule has 0 radical (unpaired) electrons. The first-order valence-corrected chi connectivity index (χ1v) is 10.2. The van der Waals surface area contributed by atoms with E-state index < -0.39 is 5.91 Å². The number of carbonyl (C=O) groups is 1. The molecule has 0 spiro atoms. The average molecular weight is 437 g/mol. The number of carbonyl (C=O) groups excluding carboxylic acids is 1. The van der Waals surface area contributed by atoms with Gasteiger partial charge in [-0.25, -0.2) is 9.97 Å². The van der Waals surface area contributed by atoms with Crippen LogP contribution in [0.4, 0.5) is 11.5 Å². The highest BCUT2D eigenvalue weighted by Gasteiger charge is 2.22. The lowest BCUT2D eigenvalue weighted by Crippen LogP contribution is -2.50. The Labute approximate surface area is 184 Å². The van der Waals surface area contributed by atoms with Gasteiger partial charge in [0.1, 0.15) is 17.3 Å². The smallest absolute Gasteiger partial charge is 0.274 e. The quantitative estimate of drug-likeness (QED) is 0.592. The van der Waals surface area contributed by atoms with Gasteiger partial charge in [-0.3, -0.25) is 4.79 Å². The SMILES string of the molecule is COc1cc(NC(=O)c2cc(N3CCN[C@@H](CC#N)C3)nc(Cl)n2)c2ccccc2c1. The number of halogens is 1. The van der Waals surface area contributed by atoms with Crippen molar-refractivity contribution < 1.29 is 9.53 Å². The number of fused-ring (bicyclic) bond motifs is 1. The van der Waals surface area contributed by atoms with Crippen LogP contribution in [0.25, 0.3) is 10.8 Å². The second-order valence-electron chi connectivity index (χ2n) is 7.19. The molecule has 31 heavy (non-hydrogen) atoms. The number of rotatable bonds is 5. The summed E-state index contributed by atoms with van der Waals surface area (Å²) >= 11 is 6.14. The first-order valence-electron chi connectivity index (χ1n) is 9.85. The van der Waals surface area contributed by atoms with Gasteiger partial charge in [-0.2, -0.15) is 5.26 Å². The molecule has 0 saturated carbocycles. The molecule has 1 aromatic heterocycles. The molecule has 9 heteroatoms. The van der Waals surface area contributed by atoms with Crippen molar-refractivity contribution in [2.24, 2.45) is 0 Å². The number of nitrogens with zero attached hydrogens (tertiary/aromatic N) is 4. The van der Waals surface area contributed by atoms with Crippen LogP contribution in [0.1, 0.15) is 16.9 Å². The van der Waals surface area contributed by atoms with Crippen molar-refractivity contribution >= 4 is 39.8 Å². The fourth-order valence-corrected chi connectivity index (χ4v) is 3.83. The van der Waals surface area contributed by atoms with E-state index in [1.807, 2.05) is 35.2 Å². The minimum Gasteiger partial charge on any atom is -0.497 e. The van der Waals surface area contributed by atoms with Crippen LogP contribution in [0, 0.1) is 11.3 Å². The minimum atomic E-state index is -0.396. The summed E-state index contributed by atoms with van der Waals surface area (Å²) in [6.45, 7) is 2.00. The number of ether oxygens (including phenoxy) is 1. The Morgan fingerprint density at radius 1 is 1.35 bits per heavy atom. The molecule has 3 aromatic rings. The number of aromatic nitrogens is 2. The van der Waals surface area contributed by atoms with Crippen LogP contribution in [-0.2, 0) is 0 Å². The molecule has 0 aliphatic carbocycles. The Morgan fingerprint density at radius 3 is 3.00 bits per heavy atom. The van der Waals surface area contributed by atoms with Gasteiger partial charge in [-0.1, -0.05) is 24.3 Å². The summed E-state index contributed by atoms with van der Waals surface area (Å²) in [4.78, 5) is 23.4. The van der Waals surface area contributed by atoms with Gasteiger partial charge in [0.2, 0.25) is 5.28 Å². The lowest BCUT2D eigenvalue weighted by atomic mass is 10.1. The first kappa shape index (κ1) is 20.8. The van der Waals surface area contributed by atoms with Crippen LogP contribution in [0.5, 0.6) is 5.75 Å². The Bertz CT molecular complexity index is 1160. The number of methoxy groups -OCH3 is 1. The molecule has 1 fully saturated rings. The number of benzene rings is 2. The van der Waals surface area contributed by atoms with E-state index in [4.69, 9.17) is 21.6 Å². The lowest BCUT2D eigenvalue weighted by Gasteiger charge is -2.33. The van der Waals surface area contributed by atoms with Crippen molar-refractivity contribution in [1.29, 1.82) is 5.26 Å². The standard InChI is InChI=1S/C22H21ClN6O2/c1-31-16-10-14-4-2-3-5-17(14)18(11-16)26-21(30)19-12-20(28-22(23)27-19)29-9-8-25-15(13-29)6-7-24/h2-5,10-12,15,25H,6,8-9,13H2,1H3,(H,26,30)/t15-/m0/s1. The van der Waals surface area contributed by atoms with E-state index in [-0.39, 0.29) is 17.0 Å². The zero-order valence-corrected chi connectivity index (χ0v) is 17.7. The van der Waals surface area contributed by atoms with E-state index in [2.05, 4.69) is 26.7 Å². The predicted molar refractivity (Wildman–Crippen MR) is 120 cm³/mol. The molecule has 4 rings (SSSR count). The number of hydrogen-bond acceptors (Lipinski definition) is 7. The fraction of sp³-hybridized carbons (Fsp3) is 0.273. The number of anilines is 2. The summed E-state index contributed by atoms with van der Waals surface area (Å²) in [5, 5.41) is 17.0. The highest BCUT2D eigenvalue weighted by atomic mass is 35.5. The number of nitriles is 1. The molecule has 0 bridgehead atoms. The number of piperazine rings is 1. The van der Waals surface area contributed by atoms with Crippen LogP contribution < -0.4 is 20.3 Å². The van der Waals surface area contributed by atoms with Gasteiger partial charge in [-0.15, -0.1) is 0 Å². The maximum absolute atomic E-state index is 13.0. The number of hydrogen-bond donors (Lipinski definition) is 2. The molecule has 1 aliphatic heterocycles. The second kappa shape index (κ2) is 9.16. The first-order chi connectivity index (χ1) is 15.1. The number of nitrogens with one attached hydrogen (secondary N) is 2. The van der Waals surface area contributed by atoms with Crippen molar-refractivity contribution in [2.75, 3.05) is 37.0 Å². The molecule has 1 amide bonds. The third kappa shape index (κ3) is 4.68. The Balaban J connectivity index is 1.61. The summed E-state index contributed by atoms with van der Waals surface area (Å²) in [6.07, 6.45) is 0.394. The van der Waals surface area contributed by atoms with E-state index in [0.29, 0.717) is 43.3 Å². The van der Waals surface area contributed by atoms with E-state index in [1.54, 1.807) is 19.2 Å². The molecule has 0 unspecified atom stereocenters. The third-order valence-corrected chi connectivity index (χ3v) is 5.32. The van der Waals surface area contributed by atoms with Gasteiger partial charge in [0.05, 0.1) is 25.3 Å². The molecule has 2 aromatic carbocycles. The fourth-order valence-electron chi connectivity index (χ4n) is 3.66.